The number of esters is 1. The Kier molecular flexibility index (Phi) is 6.20. The van der Waals surface area contributed by atoms with Crippen molar-refractivity contribution >= 4 is 17.6 Å². The van der Waals surface area contributed by atoms with Crippen molar-refractivity contribution in [3.8, 4) is 22.5 Å². The predicted octanol–water partition coefficient (Wildman–Crippen LogP) is 5.73. The molecule has 0 bridgehead atoms. The van der Waals surface area contributed by atoms with Crippen LogP contribution in [0.4, 0.5) is 0 Å². The lowest BCUT2D eigenvalue weighted by atomic mass is 10.0. The summed E-state index contributed by atoms with van der Waals surface area (Å²) in [5, 5.41) is 4.58. The first kappa shape index (κ1) is 19.9. The van der Waals surface area contributed by atoms with Gasteiger partial charge in [-0.1, -0.05) is 71.4 Å². The van der Waals surface area contributed by atoms with Gasteiger partial charge in [-0.2, -0.15) is 4.98 Å². The number of hydrogen-bond donors (Lipinski definition) is 0. The fourth-order valence-corrected chi connectivity index (χ4v) is 3.07. The number of rotatable bonds is 7. The molecule has 1 aromatic heterocycles. The molecule has 4 rings (SSSR count). The Morgan fingerprint density at radius 1 is 0.867 bits per heavy atom. The first-order valence-corrected chi connectivity index (χ1v) is 9.94. The summed E-state index contributed by atoms with van der Waals surface area (Å²) >= 11 is 5.88. The molecule has 0 fully saturated rings. The van der Waals surface area contributed by atoms with Crippen LogP contribution in [-0.4, -0.2) is 16.1 Å². The van der Waals surface area contributed by atoms with Gasteiger partial charge in [0.2, 0.25) is 11.7 Å². The molecule has 4 aromatic rings. The van der Waals surface area contributed by atoms with Gasteiger partial charge in [-0.25, -0.2) is 0 Å². The molecular weight excluding hydrogens is 400 g/mol. The maximum atomic E-state index is 12.1. The Labute approximate surface area is 179 Å². The van der Waals surface area contributed by atoms with Gasteiger partial charge in [0.15, 0.2) is 0 Å². The van der Waals surface area contributed by atoms with Crippen molar-refractivity contribution in [2.24, 2.45) is 0 Å². The van der Waals surface area contributed by atoms with E-state index < -0.39 is 0 Å². The Morgan fingerprint density at radius 3 is 2.27 bits per heavy atom. The molecule has 0 N–H and O–H groups in total. The van der Waals surface area contributed by atoms with Crippen molar-refractivity contribution in [1.82, 2.24) is 10.1 Å². The number of carbonyl (C=O) groups excluding carboxylic acids is 1. The van der Waals surface area contributed by atoms with E-state index in [2.05, 4.69) is 22.3 Å². The molecule has 0 atom stereocenters. The zero-order valence-corrected chi connectivity index (χ0v) is 16.9. The average Bonchev–Trinajstić information content (AvgIpc) is 3.27. The van der Waals surface area contributed by atoms with Crippen LogP contribution in [0.2, 0.25) is 5.02 Å². The van der Waals surface area contributed by atoms with E-state index in [9.17, 15) is 4.79 Å². The molecule has 0 aliphatic heterocycles. The van der Waals surface area contributed by atoms with Crippen LogP contribution in [0.3, 0.4) is 0 Å². The number of hydrogen-bond acceptors (Lipinski definition) is 5. The van der Waals surface area contributed by atoms with Crippen molar-refractivity contribution < 1.29 is 14.1 Å². The molecule has 0 amide bonds. The summed E-state index contributed by atoms with van der Waals surface area (Å²) in [7, 11) is 0. The lowest BCUT2D eigenvalue weighted by Crippen LogP contribution is -2.06. The molecule has 1 heterocycles. The minimum atomic E-state index is -0.312. The maximum Gasteiger partial charge on any atom is 0.306 e. The number of benzene rings is 3. The highest BCUT2D eigenvalue weighted by molar-refractivity contribution is 6.30. The van der Waals surface area contributed by atoms with Crippen LogP contribution in [0, 0.1) is 0 Å². The molecular formula is C24H19ClN2O3. The normalized spacial score (nSPS) is 10.7. The van der Waals surface area contributed by atoms with Gasteiger partial charge in [0, 0.05) is 17.0 Å². The zero-order valence-electron chi connectivity index (χ0n) is 16.1. The number of aromatic nitrogens is 2. The lowest BCUT2D eigenvalue weighted by Gasteiger charge is -2.06. The van der Waals surface area contributed by atoms with E-state index in [0.29, 0.717) is 23.2 Å². The molecule has 0 radical (unpaired) electrons. The molecule has 3 aromatic carbocycles. The highest BCUT2D eigenvalue weighted by Crippen LogP contribution is 2.20. The second-order valence-electron chi connectivity index (χ2n) is 6.74. The summed E-state index contributed by atoms with van der Waals surface area (Å²) in [6.45, 7) is 0.230. The Hall–Kier alpha value is -3.44. The van der Waals surface area contributed by atoms with E-state index in [0.717, 1.165) is 22.3 Å². The van der Waals surface area contributed by atoms with Gasteiger partial charge in [-0.15, -0.1) is 0 Å². The Bertz CT molecular complexity index is 1110. The second kappa shape index (κ2) is 9.37. The highest BCUT2D eigenvalue weighted by Gasteiger charge is 2.11. The van der Waals surface area contributed by atoms with Crippen LogP contribution >= 0.6 is 11.6 Å². The average molecular weight is 419 g/mol. The van der Waals surface area contributed by atoms with Gasteiger partial charge in [0.1, 0.15) is 6.61 Å². The van der Waals surface area contributed by atoms with Crippen LogP contribution in [-0.2, 0) is 22.6 Å². The van der Waals surface area contributed by atoms with E-state index in [-0.39, 0.29) is 19.0 Å². The molecule has 5 nitrogen and oxygen atoms in total. The van der Waals surface area contributed by atoms with Gasteiger partial charge in [0.05, 0.1) is 6.42 Å². The van der Waals surface area contributed by atoms with Crippen LogP contribution in [0.5, 0.6) is 0 Å². The van der Waals surface area contributed by atoms with Crippen molar-refractivity contribution in [2.45, 2.75) is 19.4 Å². The summed E-state index contributed by atoms with van der Waals surface area (Å²) < 4.78 is 10.6. The van der Waals surface area contributed by atoms with Crippen molar-refractivity contribution in [3.63, 3.8) is 0 Å². The van der Waals surface area contributed by atoms with Crippen molar-refractivity contribution in [2.75, 3.05) is 0 Å². The first-order chi connectivity index (χ1) is 14.7. The topological polar surface area (TPSA) is 65.2 Å². The standard InChI is InChI=1S/C24H19ClN2O3/c25-21-12-10-20(11-13-21)24-26-22(30-27-24)14-15-23(28)29-16-17-6-8-19(9-7-17)18-4-2-1-3-5-18/h1-13H,14-16H2. The molecule has 0 spiro atoms. The molecule has 30 heavy (non-hydrogen) atoms. The van der Waals surface area contributed by atoms with Crippen molar-refractivity contribution in [3.05, 3.63) is 95.3 Å². The van der Waals surface area contributed by atoms with Gasteiger partial charge >= 0.3 is 5.97 Å². The largest absolute Gasteiger partial charge is 0.461 e. The minimum Gasteiger partial charge on any atom is -0.461 e. The molecule has 0 saturated carbocycles. The number of aryl methyl sites for hydroxylation is 1. The third-order valence-electron chi connectivity index (χ3n) is 4.57. The number of halogens is 1. The van der Waals surface area contributed by atoms with Gasteiger partial charge in [-0.3, -0.25) is 4.79 Å². The van der Waals surface area contributed by atoms with Crippen LogP contribution in [0.1, 0.15) is 17.9 Å². The van der Waals surface area contributed by atoms with E-state index in [1.165, 1.54) is 0 Å². The highest BCUT2D eigenvalue weighted by atomic mass is 35.5. The fourth-order valence-electron chi connectivity index (χ4n) is 2.94. The monoisotopic (exact) mass is 418 g/mol. The molecule has 0 aliphatic rings. The molecule has 6 heteroatoms. The Balaban J connectivity index is 1.26. The van der Waals surface area contributed by atoms with Crippen LogP contribution < -0.4 is 0 Å². The van der Waals surface area contributed by atoms with Gasteiger partial charge in [-0.05, 0) is 41.0 Å². The molecule has 0 saturated heterocycles. The van der Waals surface area contributed by atoms with E-state index in [1.807, 2.05) is 54.6 Å². The summed E-state index contributed by atoms with van der Waals surface area (Å²) in [5.41, 5.74) is 4.01. The van der Waals surface area contributed by atoms with Crippen molar-refractivity contribution in [1.29, 1.82) is 0 Å². The fraction of sp³-hybridized carbons (Fsp3) is 0.125. The van der Waals surface area contributed by atoms with Gasteiger partial charge < -0.3 is 9.26 Å². The molecule has 0 unspecified atom stereocenters. The second-order valence-corrected chi connectivity index (χ2v) is 7.18. The minimum absolute atomic E-state index is 0.171. The number of ether oxygens (including phenoxy) is 1. The van der Waals surface area contributed by atoms with Crippen LogP contribution in [0.25, 0.3) is 22.5 Å². The van der Waals surface area contributed by atoms with Gasteiger partial charge in [0.25, 0.3) is 0 Å². The number of nitrogens with zero attached hydrogens (tertiary/aromatic N) is 2. The summed E-state index contributed by atoms with van der Waals surface area (Å²) in [6, 6.07) is 25.2. The molecule has 0 aliphatic carbocycles. The Morgan fingerprint density at radius 2 is 1.53 bits per heavy atom. The molecule has 150 valence electrons. The van der Waals surface area contributed by atoms with E-state index in [1.54, 1.807) is 12.1 Å². The predicted molar refractivity (Wildman–Crippen MR) is 115 cm³/mol. The third-order valence-corrected chi connectivity index (χ3v) is 4.83. The van der Waals surface area contributed by atoms with E-state index in [4.69, 9.17) is 20.9 Å². The number of carbonyl (C=O) groups is 1. The smallest absolute Gasteiger partial charge is 0.306 e. The maximum absolute atomic E-state index is 12.1. The summed E-state index contributed by atoms with van der Waals surface area (Å²) in [6.07, 6.45) is 0.497. The first-order valence-electron chi connectivity index (χ1n) is 9.56. The SMILES string of the molecule is O=C(CCc1nc(-c2ccc(Cl)cc2)no1)OCc1ccc(-c2ccccc2)cc1. The summed E-state index contributed by atoms with van der Waals surface area (Å²) in [4.78, 5) is 16.4. The summed E-state index contributed by atoms with van der Waals surface area (Å²) in [5.74, 6) is 0.547. The lowest BCUT2D eigenvalue weighted by molar-refractivity contribution is -0.145. The quantitative estimate of drug-likeness (QED) is 0.358. The van der Waals surface area contributed by atoms with Crippen LogP contribution in [0.15, 0.2) is 83.4 Å². The zero-order chi connectivity index (χ0) is 20.8. The van der Waals surface area contributed by atoms with E-state index >= 15 is 0 Å². The third kappa shape index (κ3) is 5.13.